The third-order valence-electron chi connectivity index (χ3n) is 3.16. The van der Waals surface area contributed by atoms with Crippen LogP contribution in [-0.2, 0) is 4.79 Å². The second-order valence-electron chi connectivity index (χ2n) is 4.41. The fourth-order valence-corrected chi connectivity index (χ4v) is 3.33. The minimum Gasteiger partial charge on any atom is -0.368 e. The summed E-state index contributed by atoms with van der Waals surface area (Å²) < 4.78 is 0. The summed E-state index contributed by atoms with van der Waals surface area (Å²) in [6.45, 7) is 5.79. The molecule has 17 heavy (non-hydrogen) atoms. The van der Waals surface area contributed by atoms with Crippen LogP contribution in [-0.4, -0.2) is 37.0 Å². The SMILES string of the molecule is Cc1ccsc1C(C(N)=O)N1CCCNCC1. The fraction of sp³-hybridized carbons (Fsp3) is 0.583. The second-order valence-corrected chi connectivity index (χ2v) is 5.36. The normalized spacial score (nSPS) is 19.8. The van der Waals surface area contributed by atoms with Crippen LogP contribution < -0.4 is 11.1 Å². The van der Waals surface area contributed by atoms with Crippen molar-refractivity contribution in [1.82, 2.24) is 10.2 Å². The highest BCUT2D eigenvalue weighted by Gasteiger charge is 2.28. The Balaban J connectivity index is 2.22. The van der Waals surface area contributed by atoms with Crippen molar-refractivity contribution in [2.45, 2.75) is 19.4 Å². The molecule has 3 N–H and O–H groups in total. The van der Waals surface area contributed by atoms with E-state index in [1.807, 2.05) is 18.4 Å². The molecule has 1 aromatic rings. The molecule has 94 valence electrons. The van der Waals surface area contributed by atoms with Crippen LogP contribution in [0.25, 0.3) is 0 Å². The van der Waals surface area contributed by atoms with Gasteiger partial charge in [0.25, 0.3) is 0 Å². The molecule has 1 aliphatic heterocycles. The molecule has 1 aliphatic rings. The van der Waals surface area contributed by atoms with Crippen LogP contribution >= 0.6 is 11.3 Å². The standard InChI is InChI=1S/C12H19N3OS/c1-9-3-8-17-11(9)10(12(13)16)15-6-2-4-14-5-7-15/h3,8,10,14H,2,4-7H2,1H3,(H2,13,16). The first-order chi connectivity index (χ1) is 8.20. The van der Waals surface area contributed by atoms with Gasteiger partial charge in [0.05, 0.1) is 0 Å². The lowest BCUT2D eigenvalue weighted by Gasteiger charge is -2.27. The Morgan fingerprint density at radius 2 is 2.35 bits per heavy atom. The van der Waals surface area contributed by atoms with Gasteiger partial charge in [-0.05, 0) is 36.9 Å². The lowest BCUT2D eigenvalue weighted by Crippen LogP contribution is -2.39. The smallest absolute Gasteiger partial charge is 0.240 e. The quantitative estimate of drug-likeness (QED) is 0.840. The first-order valence-corrected chi connectivity index (χ1v) is 6.86. The monoisotopic (exact) mass is 253 g/mol. The zero-order chi connectivity index (χ0) is 12.3. The highest BCUT2D eigenvalue weighted by molar-refractivity contribution is 7.10. The number of primary amides is 1. The molecule has 1 unspecified atom stereocenters. The summed E-state index contributed by atoms with van der Waals surface area (Å²) in [6, 6.07) is 1.79. The number of nitrogens with two attached hydrogens (primary N) is 1. The van der Waals surface area contributed by atoms with Gasteiger partial charge < -0.3 is 11.1 Å². The summed E-state index contributed by atoms with van der Waals surface area (Å²) in [6.07, 6.45) is 1.06. The third kappa shape index (κ3) is 2.86. The van der Waals surface area contributed by atoms with E-state index in [-0.39, 0.29) is 11.9 Å². The van der Waals surface area contributed by atoms with E-state index in [1.165, 1.54) is 0 Å². The van der Waals surface area contributed by atoms with E-state index >= 15 is 0 Å². The number of nitrogens with one attached hydrogen (secondary N) is 1. The van der Waals surface area contributed by atoms with E-state index < -0.39 is 0 Å². The molecule has 0 aromatic carbocycles. The van der Waals surface area contributed by atoms with Gasteiger partial charge in [0.15, 0.2) is 0 Å². The molecule has 2 heterocycles. The van der Waals surface area contributed by atoms with Crippen molar-refractivity contribution in [2.24, 2.45) is 5.73 Å². The van der Waals surface area contributed by atoms with E-state index in [0.717, 1.165) is 43.0 Å². The number of amides is 1. The van der Waals surface area contributed by atoms with E-state index in [4.69, 9.17) is 5.73 Å². The van der Waals surface area contributed by atoms with Gasteiger partial charge in [-0.3, -0.25) is 9.69 Å². The van der Waals surface area contributed by atoms with Crippen molar-refractivity contribution < 1.29 is 4.79 Å². The number of hydrogen-bond donors (Lipinski definition) is 2. The Bertz CT molecular complexity index is 383. The van der Waals surface area contributed by atoms with Gasteiger partial charge in [-0.2, -0.15) is 0 Å². The maximum Gasteiger partial charge on any atom is 0.240 e. The largest absolute Gasteiger partial charge is 0.368 e. The summed E-state index contributed by atoms with van der Waals surface area (Å²) in [5, 5.41) is 5.37. The van der Waals surface area contributed by atoms with Crippen molar-refractivity contribution in [2.75, 3.05) is 26.2 Å². The predicted octanol–water partition coefficient (Wildman–Crippen LogP) is 0.878. The van der Waals surface area contributed by atoms with Gasteiger partial charge in [0, 0.05) is 24.5 Å². The maximum absolute atomic E-state index is 11.7. The molecular weight excluding hydrogens is 234 g/mol. The maximum atomic E-state index is 11.7. The van der Waals surface area contributed by atoms with Gasteiger partial charge >= 0.3 is 0 Å². The number of aryl methyl sites for hydroxylation is 1. The Kier molecular flexibility index (Phi) is 4.15. The summed E-state index contributed by atoms with van der Waals surface area (Å²) in [4.78, 5) is 15.0. The molecule has 0 aliphatic carbocycles. The number of nitrogens with zero attached hydrogens (tertiary/aromatic N) is 1. The Labute approximate surface area is 106 Å². The molecule has 2 rings (SSSR count). The van der Waals surface area contributed by atoms with E-state index in [9.17, 15) is 4.79 Å². The molecule has 1 amide bonds. The van der Waals surface area contributed by atoms with Crippen molar-refractivity contribution in [3.8, 4) is 0 Å². The van der Waals surface area contributed by atoms with Crippen molar-refractivity contribution >= 4 is 17.2 Å². The summed E-state index contributed by atoms with van der Waals surface area (Å²) >= 11 is 1.62. The molecule has 1 atom stereocenters. The molecule has 5 heteroatoms. The lowest BCUT2D eigenvalue weighted by atomic mass is 10.1. The van der Waals surface area contributed by atoms with Crippen LogP contribution in [0.4, 0.5) is 0 Å². The summed E-state index contributed by atoms with van der Waals surface area (Å²) in [5.74, 6) is -0.238. The molecule has 0 spiro atoms. The topological polar surface area (TPSA) is 58.4 Å². The zero-order valence-electron chi connectivity index (χ0n) is 10.1. The zero-order valence-corrected chi connectivity index (χ0v) is 10.9. The average Bonchev–Trinajstić information content (AvgIpc) is 2.55. The van der Waals surface area contributed by atoms with Gasteiger partial charge in [-0.1, -0.05) is 0 Å². The summed E-state index contributed by atoms with van der Waals surface area (Å²) in [5.41, 5.74) is 6.75. The second kappa shape index (κ2) is 5.62. The van der Waals surface area contributed by atoms with Crippen LogP contribution in [0.15, 0.2) is 11.4 Å². The van der Waals surface area contributed by atoms with Gasteiger partial charge in [-0.15, -0.1) is 11.3 Å². The van der Waals surface area contributed by atoms with E-state index in [2.05, 4.69) is 10.2 Å². The van der Waals surface area contributed by atoms with Gasteiger partial charge in [0.1, 0.15) is 6.04 Å². The fourth-order valence-electron chi connectivity index (χ4n) is 2.26. The van der Waals surface area contributed by atoms with Gasteiger partial charge in [-0.25, -0.2) is 0 Å². The number of carbonyl (C=O) groups excluding carboxylic acids is 1. The highest BCUT2D eigenvalue weighted by atomic mass is 32.1. The number of carbonyl (C=O) groups is 1. The minimum atomic E-state index is -0.255. The first-order valence-electron chi connectivity index (χ1n) is 5.98. The molecule has 0 radical (unpaired) electrons. The third-order valence-corrected chi connectivity index (χ3v) is 4.23. The molecule has 0 saturated carbocycles. The Morgan fingerprint density at radius 1 is 1.53 bits per heavy atom. The first kappa shape index (κ1) is 12.5. The van der Waals surface area contributed by atoms with E-state index in [0.29, 0.717) is 0 Å². The van der Waals surface area contributed by atoms with Gasteiger partial charge in [0.2, 0.25) is 5.91 Å². The average molecular weight is 253 g/mol. The number of thiophene rings is 1. The Hall–Kier alpha value is -0.910. The van der Waals surface area contributed by atoms with Crippen LogP contribution in [0.2, 0.25) is 0 Å². The molecule has 1 fully saturated rings. The summed E-state index contributed by atoms with van der Waals surface area (Å²) in [7, 11) is 0. The Morgan fingerprint density at radius 3 is 3.00 bits per heavy atom. The number of rotatable bonds is 3. The van der Waals surface area contributed by atoms with Crippen LogP contribution in [0.3, 0.4) is 0 Å². The molecular formula is C12H19N3OS. The minimum absolute atomic E-state index is 0.238. The highest BCUT2D eigenvalue weighted by Crippen LogP contribution is 2.28. The van der Waals surface area contributed by atoms with Crippen LogP contribution in [0, 0.1) is 6.92 Å². The van der Waals surface area contributed by atoms with Crippen LogP contribution in [0.5, 0.6) is 0 Å². The van der Waals surface area contributed by atoms with E-state index in [1.54, 1.807) is 11.3 Å². The molecule has 1 saturated heterocycles. The van der Waals surface area contributed by atoms with Crippen molar-refractivity contribution in [3.63, 3.8) is 0 Å². The molecule has 0 bridgehead atoms. The van der Waals surface area contributed by atoms with Crippen molar-refractivity contribution in [1.29, 1.82) is 0 Å². The van der Waals surface area contributed by atoms with Crippen molar-refractivity contribution in [3.05, 3.63) is 21.9 Å². The number of hydrogen-bond acceptors (Lipinski definition) is 4. The lowest BCUT2D eigenvalue weighted by molar-refractivity contribution is -0.123. The molecule has 4 nitrogen and oxygen atoms in total. The predicted molar refractivity (Wildman–Crippen MR) is 70.1 cm³/mol. The molecule has 1 aromatic heterocycles. The van der Waals surface area contributed by atoms with Crippen LogP contribution in [0.1, 0.15) is 22.9 Å².